The van der Waals surface area contributed by atoms with Crippen molar-refractivity contribution in [2.45, 2.75) is 32.6 Å². The molecule has 0 aliphatic heterocycles. The summed E-state index contributed by atoms with van der Waals surface area (Å²) in [7, 11) is 0. The van der Waals surface area contributed by atoms with Gasteiger partial charge in [0.15, 0.2) is 0 Å². The molecule has 0 bridgehead atoms. The Morgan fingerprint density at radius 3 is 2.74 bits per heavy atom. The lowest BCUT2D eigenvalue weighted by Gasteiger charge is -2.11. The molecule has 5 aromatic heterocycles. The van der Waals surface area contributed by atoms with Crippen molar-refractivity contribution in [1.82, 2.24) is 25.1 Å². The highest BCUT2D eigenvalue weighted by atomic mass is 32.1. The average Bonchev–Trinajstić information content (AvgIpc) is 3.74. The van der Waals surface area contributed by atoms with Gasteiger partial charge in [0.25, 0.3) is 0 Å². The van der Waals surface area contributed by atoms with Crippen molar-refractivity contribution in [1.29, 1.82) is 0 Å². The molecule has 1 amide bonds. The molecule has 0 unspecified atom stereocenters. The van der Waals surface area contributed by atoms with Crippen molar-refractivity contribution in [2.75, 3.05) is 5.32 Å². The Bertz CT molecular complexity index is 1810. The van der Waals surface area contributed by atoms with Gasteiger partial charge in [0, 0.05) is 50.0 Å². The molecule has 0 radical (unpaired) electrons. The maximum absolute atomic E-state index is 12.6. The van der Waals surface area contributed by atoms with E-state index in [1.54, 1.807) is 17.5 Å². The maximum Gasteiger partial charge on any atom is 0.227 e. The molecule has 8 heteroatoms. The zero-order valence-electron chi connectivity index (χ0n) is 20.9. The summed E-state index contributed by atoms with van der Waals surface area (Å²) < 4.78 is 0. The summed E-state index contributed by atoms with van der Waals surface area (Å²) in [5.74, 6) is 0.206. The molecule has 7 rings (SSSR count). The zero-order chi connectivity index (χ0) is 25.6. The lowest BCUT2D eigenvalue weighted by atomic mass is 10.0. The summed E-state index contributed by atoms with van der Waals surface area (Å²) in [4.78, 5) is 27.6. The third kappa shape index (κ3) is 4.07. The topological polar surface area (TPSA) is 99.3 Å². The number of thiophene rings is 1. The predicted molar refractivity (Wildman–Crippen MR) is 153 cm³/mol. The molecule has 188 valence electrons. The molecule has 3 N–H and O–H groups in total. The quantitative estimate of drug-likeness (QED) is 0.222. The molecular formula is C30H26N6OS. The minimum absolute atomic E-state index is 0.0959. The fraction of sp³-hybridized carbons (Fsp3) is 0.200. The number of amides is 1. The first-order valence-electron chi connectivity index (χ1n) is 12.9. The Morgan fingerprint density at radius 2 is 1.89 bits per heavy atom. The number of pyridine rings is 2. The number of nitrogens with zero attached hydrogens (tertiary/aromatic N) is 3. The Balaban J connectivity index is 1.24. The molecule has 5 heterocycles. The van der Waals surface area contributed by atoms with Gasteiger partial charge in [0.2, 0.25) is 5.91 Å². The number of hydrogen-bond donors (Lipinski definition) is 3. The van der Waals surface area contributed by atoms with Gasteiger partial charge >= 0.3 is 0 Å². The predicted octanol–water partition coefficient (Wildman–Crippen LogP) is 7.33. The number of nitrogens with one attached hydrogen (secondary N) is 3. The molecule has 1 aromatic carbocycles. The van der Waals surface area contributed by atoms with E-state index in [0.717, 1.165) is 75.8 Å². The summed E-state index contributed by atoms with van der Waals surface area (Å²) >= 11 is 1.78. The average molecular weight is 519 g/mol. The van der Waals surface area contributed by atoms with Gasteiger partial charge in [-0.3, -0.25) is 14.9 Å². The number of rotatable bonds is 5. The van der Waals surface area contributed by atoms with Crippen LogP contribution in [-0.2, 0) is 4.79 Å². The van der Waals surface area contributed by atoms with Gasteiger partial charge < -0.3 is 10.3 Å². The van der Waals surface area contributed by atoms with Crippen LogP contribution in [0.2, 0.25) is 0 Å². The molecule has 0 spiro atoms. The van der Waals surface area contributed by atoms with E-state index in [1.807, 2.05) is 30.6 Å². The minimum atomic E-state index is 0.0959. The summed E-state index contributed by atoms with van der Waals surface area (Å²) in [6, 6.07) is 16.7. The molecular weight excluding hydrogens is 492 g/mol. The van der Waals surface area contributed by atoms with Crippen LogP contribution in [0.15, 0.2) is 67.1 Å². The van der Waals surface area contributed by atoms with E-state index in [1.165, 1.54) is 15.3 Å². The number of aromatic amines is 2. The van der Waals surface area contributed by atoms with Crippen LogP contribution in [0.5, 0.6) is 0 Å². The molecule has 1 aliphatic carbocycles. The second-order valence-electron chi connectivity index (χ2n) is 9.98. The van der Waals surface area contributed by atoms with Gasteiger partial charge in [-0.05, 0) is 67.8 Å². The molecule has 6 aromatic rings. The van der Waals surface area contributed by atoms with Crippen molar-refractivity contribution in [3.8, 4) is 33.0 Å². The number of aryl methyl sites for hydroxylation is 1. The van der Waals surface area contributed by atoms with Crippen LogP contribution in [0.1, 0.15) is 30.6 Å². The van der Waals surface area contributed by atoms with Crippen LogP contribution in [-0.4, -0.2) is 31.1 Å². The molecule has 1 aliphatic rings. The van der Waals surface area contributed by atoms with Crippen molar-refractivity contribution in [2.24, 2.45) is 5.92 Å². The van der Waals surface area contributed by atoms with Crippen molar-refractivity contribution >= 4 is 44.9 Å². The molecule has 1 saturated carbocycles. The van der Waals surface area contributed by atoms with E-state index in [9.17, 15) is 4.79 Å². The second-order valence-corrected chi connectivity index (χ2v) is 11.3. The monoisotopic (exact) mass is 518 g/mol. The molecule has 38 heavy (non-hydrogen) atoms. The first-order valence-corrected chi connectivity index (χ1v) is 13.7. The van der Waals surface area contributed by atoms with Gasteiger partial charge in [0.05, 0.1) is 23.1 Å². The third-order valence-corrected chi connectivity index (χ3v) is 8.45. The lowest BCUT2D eigenvalue weighted by Crippen LogP contribution is -2.20. The normalized spacial score (nSPS) is 14.0. The summed E-state index contributed by atoms with van der Waals surface area (Å²) in [5.41, 5.74) is 7.38. The van der Waals surface area contributed by atoms with Crippen LogP contribution in [0.25, 0.3) is 54.9 Å². The minimum Gasteiger partial charge on any atom is -0.338 e. The zero-order valence-corrected chi connectivity index (χ0v) is 21.7. The first-order chi connectivity index (χ1) is 18.6. The Hall–Kier alpha value is -4.30. The Labute approximate surface area is 223 Å². The van der Waals surface area contributed by atoms with Crippen molar-refractivity contribution < 1.29 is 4.79 Å². The van der Waals surface area contributed by atoms with Gasteiger partial charge in [-0.2, -0.15) is 5.10 Å². The standard InChI is InChI=1S/C30H26N6OS/c1-17-6-9-27(38-17)22-10-11-32-29-23(22)14-26(34-29)28-24-13-19(7-8-25(24)35-36-28)20-12-21(16-31-15-20)33-30(37)18-4-2-3-5-18/h6-16,18H,2-5H2,1H3,(H,32,34)(H,33,37)(H,35,36). The van der Waals surface area contributed by atoms with E-state index in [-0.39, 0.29) is 11.8 Å². The number of H-pyrrole nitrogens is 2. The van der Waals surface area contributed by atoms with Crippen LogP contribution in [0.3, 0.4) is 0 Å². The first kappa shape index (κ1) is 22.9. The SMILES string of the molecule is Cc1ccc(-c2ccnc3[nH]c(-c4n[nH]c5ccc(-c6cncc(NC(=O)C7CCCC7)c6)cc45)cc23)s1. The lowest BCUT2D eigenvalue weighted by molar-refractivity contribution is -0.119. The van der Waals surface area contributed by atoms with Crippen LogP contribution in [0, 0.1) is 12.8 Å². The number of hydrogen-bond acceptors (Lipinski definition) is 5. The number of fused-ring (bicyclic) bond motifs is 2. The second kappa shape index (κ2) is 9.22. The summed E-state index contributed by atoms with van der Waals surface area (Å²) in [5, 5.41) is 13.0. The highest BCUT2D eigenvalue weighted by Crippen LogP contribution is 2.37. The fourth-order valence-corrected chi connectivity index (χ4v) is 6.35. The smallest absolute Gasteiger partial charge is 0.227 e. The largest absolute Gasteiger partial charge is 0.338 e. The number of aromatic nitrogens is 5. The number of carbonyl (C=O) groups excluding carboxylic acids is 1. The maximum atomic E-state index is 12.6. The van der Waals surface area contributed by atoms with Gasteiger partial charge in [-0.15, -0.1) is 11.3 Å². The van der Waals surface area contributed by atoms with Crippen molar-refractivity contribution in [3.05, 3.63) is 72.0 Å². The van der Waals surface area contributed by atoms with Gasteiger partial charge in [0.1, 0.15) is 11.3 Å². The Kier molecular flexibility index (Phi) is 5.55. The molecule has 0 atom stereocenters. The van der Waals surface area contributed by atoms with E-state index in [4.69, 9.17) is 0 Å². The van der Waals surface area contributed by atoms with E-state index in [2.05, 4.69) is 67.7 Å². The summed E-state index contributed by atoms with van der Waals surface area (Å²) in [6.07, 6.45) is 9.58. The fourth-order valence-electron chi connectivity index (χ4n) is 5.45. The van der Waals surface area contributed by atoms with Crippen LogP contribution < -0.4 is 5.32 Å². The van der Waals surface area contributed by atoms with Gasteiger partial charge in [-0.1, -0.05) is 18.9 Å². The van der Waals surface area contributed by atoms with E-state index in [0.29, 0.717) is 0 Å². The molecule has 7 nitrogen and oxygen atoms in total. The van der Waals surface area contributed by atoms with Crippen LogP contribution in [0.4, 0.5) is 5.69 Å². The number of carbonyl (C=O) groups is 1. The highest BCUT2D eigenvalue weighted by molar-refractivity contribution is 7.15. The molecule has 0 saturated heterocycles. The molecule has 1 fully saturated rings. The van der Waals surface area contributed by atoms with Crippen LogP contribution >= 0.6 is 11.3 Å². The van der Waals surface area contributed by atoms with E-state index < -0.39 is 0 Å². The van der Waals surface area contributed by atoms with E-state index >= 15 is 0 Å². The van der Waals surface area contributed by atoms with Gasteiger partial charge in [-0.25, -0.2) is 4.98 Å². The number of benzene rings is 1. The number of anilines is 1. The third-order valence-electron chi connectivity index (χ3n) is 7.42. The highest BCUT2D eigenvalue weighted by Gasteiger charge is 2.23. The summed E-state index contributed by atoms with van der Waals surface area (Å²) in [6.45, 7) is 2.12. The Morgan fingerprint density at radius 1 is 1.00 bits per heavy atom. The van der Waals surface area contributed by atoms with Crippen molar-refractivity contribution in [3.63, 3.8) is 0 Å².